The van der Waals surface area contributed by atoms with Gasteiger partial charge in [-0.1, -0.05) is 18.2 Å². The molecule has 2 heterocycles. The summed E-state index contributed by atoms with van der Waals surface area (Å²) in [6.07, 6.45) is 3.36. The number of fused-ring (bicyclic) bond motifs is 1. The molecule has 4 nitrogen and oxygen atoms in total. The van der Waals surface area contributed by atoms with Gasteiger partial charge in [-0.2, -0.15) is 4.73 Å². The van der Waals surface area contributed by atoms with Crippen molar-refractivity contribution >= 4 is 16.6 Å². The Morgan fingerprint density at radius 3 is 2.84 bits per heavy atom. The number of aromatic nitrogens is 3. The molecule has 0 unspecified atom stereocenters. The van der Waals surface area contributed by atoms with Crippen molar-refractivity contribution in [2.24, 2.45) is 0 Å². The van der Waals surface area contributed by atoms with Gasteiger partial charge < -0.3 is 5.21 Å². The molecule has 0 fully saturated rings. The van der Waals surface area contributed by atoms with Gasteiger partial charge in [0.05, 0.1) is 5.52 Å². The molecule has 0 aliphatic rings. The molecule has 3 aromatic rings. The fraction of sp³-hybridized carbons (Fsp3) is 0.0667. The molecular weight excluding hydrogens is 238 g/mol. The number of imidazole rings is 1. The van der Waals surface area contributed by atoms with E-state index in [1.54, 1.807) is 12.4 Å². The van der Waals surface area contributed by atoms with Gasteiger partial charge in [-0.15, -0.1) is 0 Å². The summed E-state index contributed by atoms with van der Waals surface area (Å²) in [6.45, 7) is 5.84. The molecule has 1 aromatic carbocycles. The molecule has 0 radical (unpaired) electrons. The summed E-state index contributed by atoms with van der Waals surface area (Å²) in [5, 5.41) is 10.2. The summed E-state index contributed by atoms with van der Waals surface area (Å²) < 4.78 is 1.10. The smallest absolute Gasteiger partial charge is 0.178 e. The Morgan fingerprint density at radius 1 is 1.32 bits per heavy atom. The van der Waals surface area contributed by atoms with Crippen molar-refractivity contribution in [1.29, 1.82) is 0 Å². The zero-order chi connectivity index (χ0) is 13.4. The molecule has 0 spiro atoms. The van der Waals surface area contributed by atoms with Crippen LogP contribution in [0.15, 0.2) is 49.3 Å². The Bertz CT molecular complexity index is 760. The van der Waals surface area contributed by atoms with Gasteiger partial charge in [0.1, 0.15) is 5.52 Å². The lowest BCUT2D eigenvalue weighted by atomic mass is 10.1. The van der Waals surface area contributed by atoms with Gasteiger partial charge in [0.25, 0.3) is 0 Å². The normalized spacial score (nSPS) is 10.8. The SMILES string of the molecule is C=C(C)c1ccc2nc(-c3cccnc3)n(O)c2c1. The predicted octanol–water partition coefficient (Wildman–Crippen LogP) is 3.37. The van der Waals surface area contributed by atoms with Crippen molar-refractivity contribution in [3.63, 3.8) is 0 Å². The summed E-state index contributed by atoms with van der Waals surface area (Å²) in [5.41, 5.74) is 4.12. The third kappa shape index (κ3) is 1.87. The largest absolute Gasteiger partial charge is 0.426 e. The molecule has 1 N–H and O–H groups in total. The second kappa shape index (κ2) is 4.24. The number of hydrogen-bond acceptors (Lipinski definition) is 3. The molecule has 0 atom stereocenters. The van der Waals surface area contributed by atoms with Gasteiger partial charge in [-0.05, 0) is 36.8 Å². The van der Waals surface area contributed by atoms with Crippen LogP contribution in [-0.2, 0) is 0 Å². The molecule has 0 saturated heterocycles. The molecule has 19 heavy (non-hydrogen) atoms. The lowest BCUT2D eigenvalue weighted by molar-refractivity contribution is 0.203. The number of nitrogens with zero attached hydrogens (tertiary/aromatic N) is 3. The van der Waals surface area contributed by atoms with Gasteiger partial charge in [0, 0.05) is 18.0 Å². The monoisotopic (exact) mass is 251 g/mol. The molecule has 0 aliphatic carbocycles. The number of allylic oxidation sites excluding steroid dienone is 1. The molecule has 0 saturated carbocycles. The maximum absolute atomic E-state index is 10.2. The fourth-order valence-electron chi connectivity index (χ4n) is 2.01. The van der Waals surface area contributed by atoms with Crippen molar-refractivity contribution in [2.45, 2.75) is 6.92 Å². The Hall–Kier alpha value is -2.62. The van der Waals surface area contributed by atoms with E-state index in [1.165, 1.54) is 0 Å². The minimum atomic E-state index is 0.488. The average molecular weight is 251 g/mol. The van der Waals surface area contributed by atoms with Crippen LogP contribution in [0.3, 0.4) is 0 Å². The second-order valence-electron chi connectivity index (χ2n) is 4.47. The molecule has 2 aromatic heterocycles. The quantitative estimate of drug-likeness (QED) is 0.710. The topological polar surface area (TPSA) is 50.9 Å². The lowest BCUT2D eigenvalue weighted by Crippen LogP contribution is -1.94. The van der Waals surface area contributed by atoms with E-state index in [4.69, 9.17) is 0 Å². The lowest BCUT2D eigenvalue weighted by Gasteiger charge is -2.01. The van der Waals surface area contributed by atoms with E-state index in [0.717, 1.165) is 26.9 Å². The molecule has 0 amide bonds. The maximum Gasteiger partial charge on any atom is 0.178 e. The highest BCUT2D eigenvalue weighted by atomic mass is 16.5. The van der Waals surface area contributed by atoms with Crippen LogP contribution in [0.1, 0.15) is 12.5 Å². The zero-order valence-electron chi connectivity index (χ0n) is 10.5. The number of benzene rings is 1. The van der Waals surface area contributed by atoms with E-state index in [1.807, 2.05) is 37.3 Å². The van der Waals surface area contributed by atoms with Gasteiger partial charge in [0.15, 0.2) is 5.82 Å². The van der Waals surface area contributed by atoms with Crippen LogP contribution in [0, 0.1) is 0 Å². The van der Waals surface area contributed by atoms with Crippen molar-refractivity contribution in [1.82, 2.24) is 14.7 Å². The van der Waals surface area contributed by atoms with Crippen LogP contribution in [0.4, 0.5) is 0 Å². The first-order valence-corrected chi connectivity index (χ1v) is 5.95. The Kier molecular flexibility index (Phi) is 2.56. The van der Waals surface area contributed by atoms with Gasteiger partial charge in [-0.25, -0.2) is 4.98 Å². The summed E-state index contributed by atoms with van der Waals surface area (Å²) in [7, 11) is 0. The van der Waals surface area contributed by atoms with E-state index in [2.05, 4.69) is 16.5 Å². The van der Waals surface area contributed by atoms with Crippen molar-refractivity contribution < 1.29 is 5.21 Å². The zero-order valence-corrected chi connectivity index (χ0v) is 10.5. The number of pyridine rings is 1. The van der Waals surface area contributed by atoms with Crippen molar-refractivity contribution in [2.75, 3.05) is 0 Å². The first kappa shape index (κ1) is 11.5. The van der Waals surface area contributed by atoms with Crippen molar-refractivity contribution in [3.8, 4) is 11.4 Å². The molecule has 0 bridgehead atoms. The van der Waals surface area contributed by atoms with Gasteiger partial charge in [-0.3, -0.25) is 4.98 Å². The highest BCUT2D eigenvalue weighted by molar-refractivity contribution is 5.83. The number of rotatable bonds is 2. The summed E-state index contributed by atoms with van der Waals surface area (Å²) in [4.78, 5) is 8.47. The molecule has 3 rings (SSSR count). The van der Waals surface area contributed by atoms with E-state index >= 15 is 0 Å². The van der Waals surface area contributed by atoms with Crippen LogP contribution in [0.5, 0.6) is 0 Å². The third-order valence-corrected chi connectivity index (χ3v) is 3.04. The predicted molar refractivity (Wildman–Crippen MR) is 74.9 cm³/mol. The molecular formula is C15H13N3O. The van der Waals surface area contributed by atoms with Crippen LogP contribution in [0.25, 0.3) is 28.0 Å². The second-order valence-corrected chi connectivity index (χ2v) is 4.47. The first-order chi connectivity index (χ1) is 9.16. The molecule has 94 valence electrons. The summed E-state index contributed by atoms with van der Waals surface area (Å²) >= 11 is 0. The van der Waals surface area contributed by atoms with Crippen LogP contribution >= 0.6 is 0 Å². The standard InChI is InChI=1S/C15H13N3O/c1-10(2)11-5-6-13-14(8-11)18(19)15(17-13)12-4-3-7-16-9-12/h3-9,19H,1H2,2H3. The minimum Gasteiger partial charge on any atom is -0.426 e. The summed E-state index contributed by atoms with van der Waals surface area (Å²) in [5.74, 6) is 0.488. The van der Waals surface area contributed by atoms with E-state index in [9.17, 15) is 5.21 Å². The highest BCUT2D eigenvalue weighted by Crippen LogP contribution is 2.25. The summed E-state index contributed by atoms with van der Waals surface area (Å²) in [6, 6.07) is 9.38. The van der Waals surface area contributed by atoms with Crippen LogP contribution in [-0.4, -0.2) is 19.9 Å². The van der Waals surface area contributed by atoms with Gasteiger partial charge in [0.2, 0.25) is 0 Å². The Balaban J connectivity index is 2.24. The Labute approximate surface area is 110 Å². The van der Waals surface area contributed by atoms with Crippen molar-refractivity contribution in [3.05, 3.63) is 54.9 Å². The number of hydrogen-bond donors (Lipinski definition) is 1. The molecule has 0 aliphatic heterocycles. The minimum absolute atomic E-state index is 0.488. The van der Waals surface area contributed by atoms with E-state index in [-0.39, 0.29) is 0 Å². The van der Waals surface area contributed by atoms with E-state index in [0.29, 0.717) is 11.3 Å². The van der Waals surface area contributed by atoms with E-state index < -0.39 is 0 Å². The van der Waals surface area contributed by atoms with Gasteiger partial charge >= 0.3 is 0 Å². The Morgan fingerprint density at radius 2 is 2.16 bits per heavy atom. The first-order valence-electron chi connectivity index (χ1n) is 5.95. The average Bonchev–Trinajstić information content (AvgIpc) is 2.77. The molecule has 4 heteroatoms. The maximum atomic E-state index is 10.2. The van der Waals surface area contributed by atoms with Crippen LogP contribution < -0.4 is 0 Å². The highest BCUT2D eigenvalue weighted by Gasteiger charge is 2.12. The fourth-order valence-corrected chi connectivity index (χ4v) is 2.01. The van der Waals surface area contributed by atoms with Crippen LogP contribution in [0.2, 0.25) is 0 Å². The third-order valence-electron chi connectivity index (χ3n) is 3.04.